The zero-order chi connectivity index (χ0) is 16.1. The molecule has 1 N–H and O–H groups in total. The van der Waals surface area contributed by atoms with E-state index in [0.717, 1.165) is 13.1 Å². The van der Waals surface area contributed by atoms with Crippen molar-refractivity contribution in [3.05, 3.63) is 30.1 Å². The van der Waals surface area contributed by atoms with Crippen LogP contribution in [-0.2, 0) is 4.74 Å². The van der Waals surface area contributed by atoms with Crippen LogP contribution < -0.4 is 5.32 Å². The van der Waals surface area contributed by atoms with Crippen LogP contribution in [0.15, 0.2) is 29.9 Å². The Morgan fingerprint density at radius 2 is 2.29 bits per heavy atom. The van der Waals surface area contributed by atoms with Gasteiger partial charge in [-0.1, -0.05) is 11.6 Å². The van der Waals surface area contributed by atoms with E-state index in [1.54, 1.807) is 23.2 Å². The molecule has 0 aliphatic carbocycles. The fraction of sp³-hybridized carbons (Fsp3) is 0.467. The number of anilines is 1. The van der Waals surface area contributed by atoms with Gasteiger partial charge in [0.15, 0.2) is 0 Å². The quantitative estimate of drug-likeness (QED) is 0.880. The van der Waals surface area contributed by atoms with E-state index in [4.69, 9.17) is 16.3 Å². The predicted octanol–water partition coefficient (Wildman–Crippen LogP) is 1.19. The number of rotatable bonds is 2. The van der Waals surface area contributed by atoms with E-state index < -0.39 is 0 Å². The summed E-state index contributed by atoms with van der Waals surface area (Å²) in [6.07, 6.45) is 5.98. The SMILES string of the molecule is Clc1cn(-c2cc(NC3=NC[C@@]4(CN5CC[C@H]4C5)O3)ncn2)cn1. The molecule has 3 aliphatic rings. The summed E-state index contributed by atoms with van der Waals surface area (Å²) >= 11 is 5.85. The molecule has 0 aromatic carbocycles. The molecule has 2 saturated heterocycles. The van der Waals surface area contributed by atoms with Crippen LogP contribution in [0.1, 0.15) is 6.42 Å². The molecule has 0 radical (unpaired) electrons. The third-order valence-corrected chi connectivity index (χ3v) is 5.20. The molecule has 0 saturated carbocycles. The van der Waals surface area contributed by atoms with Crippen LogP contribution >= 0.6 is 11.6 Å². The lowest BCUT2D eigenvalue weighted by molar-refractivity contribution is 0.0364. The highest BCUT2D eigenvalue weighted by molar-refractivity contribution is 6.29. The number of nitrogens with zero attached hydrogens (tertiary/aromatic N) is 6. The largest absolute Gasteiger partial charge is 0.455 e. The predicted molar refractivity (Wildman–Crippen MR) is 88.5 cm³/mol. The van der Waals surface area contributed by atoms with E-state index in [2.05, 4.69) is 30.2 Å². The Morgan fingerprint density at radius 3 is 3.04 bits per heavy atom. The smallest absolute Gasteiger partial charge is 0.291 e. The van der Waals surface area contributed by atoms with Gasteiger partial charge in [-0.25, -0.2) is 19.9 Å². The van der Waals surface area contributed by atoms with Crippen molar-refractivity contribution >= 4 is 23.4 Å². The van der Waals surface area contributed by atoms with E-state index in [1.807, 2.05) is 0 Å². The lowest BCUT2D eigenvalue weighted by Gasteiger charge is -2.32. The number of halogens is 1. The summed E-state index contributed by atoms with van der Waals surface area (Å²) in [5.74, 6) is 1.88. The van der Waals surface area contributed by atoms with Crippen LogP contribution in [0.3, 0.4) is 0 Å². The molecule has 5 heterocycles. The van der Waals surface area contributed by atoms with Crippen LogP contribution in [-0.4, -0.2) is 62.2 Å². The molecule has 124 valence electrons. The molecule has 2 fully saturated rings. The van der Waals surface area contributed by atoms with E-state index >= 15 is 0 Å². The third-order valence-electron chi connectivity index (χ3n) is 5.00. The number of piperidine rings is 1. The minimum Gasteiger partial charge on any atom is -0.455 e. The Kier molecular flexibility index (Phi) is 3.04. The zero-order valence-electron chi connectivity index (χ0n) is 12.9. The van der Waals surface area contributed by atoms with Gasteiger partial charge in [-0.15, -0.1) is 0 Å². The number of hydrogen-bond donors (Lipinski definition) is 1. The molecule has 5 rings (SSSR count). The van der Waals surface area contributed by atoms with Gasteiger partial charge in [0.1, 0.15) is 35.0 Å². The first-order chi connectivity index (χ1) is 11.7. The number of fused-ring (bicyclic) bond motifs is 3. The Hall–Kier alpha value is -2.19. The molecule has 9 heteroatoms. The first-order valence-electron chi connectivity index (χ1n) is 7.95. The fourth-order valence-electron chi connectivity index (χ4n) is 3.83. The summed E-state index contributed by atoms with van der Waals surface area (Å²) in [6.45, 7) is 3.99. The molecular formula is C15H16ClN7O. The highest BCUT2D eigenvalue weighted by Crippen LogP contribution is 2.41. The number of aromatic nitrogens is 4. The van der Waals surface area contributed by atoms with Gasteiger partial charge in [-0.05, 0) is 13.0 Å². The maximum absolute atomic E-state index is 6.19. The van der Waals surface area contributed by atoms with Gasteiger partial charge in [0, 0.05) is 31.3 Å². The minimum atomic E-state index is -0.145. The summed E-state index contributed by atoms with van der Waals surface area (Å²) in [6, 6.07) is 2.34. The van der Waals surface area contributed by atoms with Crippen molar-refractivity contribution in [2.75, 3.05) is 31.5 Å². The minimum absolute atomic E-state index is 0.145. The summed E-state index contributed by atoms with van der Waals surface area (Å²) in [7, 11) is 0. The second kappa shape index (κ2) is 5.15. The van der Waals surface area contributed by atoms with Gasteiger partial charge >= 0.3 is 0 Å². The van der Waals surface area contributed by atoms with E-state index in [-0.39, 0.29) is 5.60 Å². The maximum Gasteiger partial charge on any atom is 0.291 e. The van der Waals surface area contributed by atoms with Crippen molar-refractivity contribution in [1.29, 1.82) is 0 Å². The topological polar surface area (TPSA) is 80.5 Å². The van der Waals surface area contributed by atoms with E-state index in [9.17, 15) is 0 Å². The average molecular weight is 346 g/mol. The summed E-state index contributed by atoms with van der Waals surface area (Å²) in [4.78, 5) is 19.5. The van der Waals surface area contributed by atoms with Crippen molar-refractivity contribution in [2.45, 2.75) is 12.0 Å². The maximum atomic E-state index is 6.19. The van der Waals surface area contributed by atoms with E-state index in [1.165, 1.54) is 19.3 Å². The number of hydrogen-bond acceptors (Lipinski definition) is 7. The van der Waals surface area contributed by atoms with Gasteiger partial charge in [0.2, 0.25) is 0 Å². The van der Waals surface area contributed by atoms with Crippen LogP contribution in [0.25, 0.3) is 5.82 Å². The molecule has 3 aliphatic heterocycles. The highest BCUT2D eigenvalue weighted by Gasteiger charge is 2.54. The van der Waals surface area contributed by atoms with Crippen molar-refractivity contribution in [3.8, 4) is 5.82 Å². The fourth-order valence-corrected chi connectivity index (χ4v) is 3.97. The molecular weight excluding hydrogens is 330 g/mol. The number of aliphatic imine (C=N–C) groups is 1. The normalized spacial score (nSPS) is 30.6. The van der Waals surface area contributed by atoms with Crippen LogP contribution in [0.4, 0.5) is 5.82 Å². The van der Waals surface area contributed by atoms with Crippen LogP contribution in [0.2, 0.25) is 5.15 Å². The number of amidine groups is 1. The van der Waals surface area contributed by atoms with Crippen molar-refractivity contribution in [2.24, 2.45) is 10.9 Å². The van der Waals surface area contributed by atoms with Gasteiger partial charge < -0.3 is 4.74 Å². The van der Waals surface area contributed by atoms with Gasteiger partial charge in [0.05, 0.1) is 6.54 Å². The summed E-state index contributed by atoms with van der Waals surface area (Å²) in [5.41, 5.74) is -0.145. The van der Waals surface area contributed by atoms with Crippen molar-refractivity contribution in [3.63, 3.8) is 0 Å². The number of ether oxygens (including phenoxy) is 1. The Morgan fingerprint density at radius 1 is 1.33 bits per heavy atom. The molecule has 1 unspecified atom stereocenters. The standard InChI is InChI=1S/C15H16ClN7O/c16-11-5-23(9-20-11)13-3-12(18-8-19-13)21-14-17-6-15(24-14)7-22-2-1-10(15)4-22/h3,5,8-10H,1-2,4,6-7H2,(H,17,18,19,21)/t10-,15-/m0/s1. The Bertz CT molecular complexity index is 822. The lowest BCUT2D eigenvalue weighted by atomic mass is 9.88. The second-order valence-corrected chi connectivity index (χ2v) is 6.89. The molecule has 2 aromatic rings. The number of imidazole rings is 1. The Labute approximate surface area is 143 Å². The molecule has 1 spiro atoms. The summed E-state index contributed by atoms with van der Waals surface area (Å²) < 4.78 is 7.93. The van der Waals surface area contributed by atoms with Crippen LogP contribution in [0.5, 0.6) is 0 Å². The average Bonchev–Trinajstić information content (AvgIpc) is 3.34. The first-order valence-corrected chi connectivity index (χ1v) is 8.33. The van der Waals surface area contributed by atoms with Crippen molar-refractivity contribution < 1.29 is 4.74 Å². The second-order valence-electron chi connectivity index (χ2n) is 6.50. The van der Waals surface area contributed by atoms with Crippen LogP contribution in [0, 0.1) is 5.92 Å². The summed E-state index contributed by atoms with van der Waals surface area (Å²) in [5, 5.41) is 3.58. The van der Waals surface area contributed by atoms with Crippen molar-refractivity contribution in [1.82, 2.24) is 24.4 Å². The third kappa shape index (κ3) is 2.25. The first kappa shape index (κ1) is 14.2. The highest BCUT2D eigenvalue weighted by atomic mass is 35.5. The van der Waals surface area contributed by atoms with Gasteiger partial charge in [-0.2, -0.15) is 0 Å². The zero-order valence-corrected chi connectivity index (χ0v) is 13.6. The van der Waals surface area contributed by atoms with Gasteiger partial charge in [0.25, 0.3) is 6.02 Å². The lowest BCUT2D eigenvalue weighted by Crippen LogP contribution is -2.46. The molecule has 2 bridgehead atoms. The Balaban J connectivity index is 1.32. The molecule has 8 nitrogen and oxygen atoms in total. The monoisotopic (exact) mass is 345 g/mol. The molecule has 3 atom stereocenters. The molecule has 2 aromatic heterocycles. The van der Waals surface area contributed by atoms with Gasteiger partial charge in [-0.3, -0.25) is 14.8 Å². The molecule has 0 amide bonds. The van der Waals surface area contributed by atoms with E-state index in [0.29, 0.717) is 35.3 Å². The molecule has 24 heavy (non-hydrogen) atoms. The number of nitrogens with one attached hydrogen (secondary N) is 1.